The van der Waals surface area contributed by atoms with E-state index in [1.165, 1.54) is 26.2 Å². The van der Waals surface area contributed by atoms with Crippen LogP contribution in [0.2, 0.25) is 0 Å². The molecule has 1 aliphatic heterocycles. The number of rotatable bonds is 8. The number of likely N-dealkylation sites (tertiary alicyclic amines) is 1. The number of benzene rings is 2. The maximum atomic E-state index is 13.1. The van der Waals surface area contributed by atoms with Crippen molar-refractivity contribution in [2.75, 3.05) is 41.6 Å². The van der Waals surface area contributed by atoms with Crippen molar-refractivity contribution in [2.24, 2.45) is 0 Å². The maximum Gasteiger partial charge on any atom is 0.295 e. The average molecular weight is 441 g/mol. The van der Waals surface area contributed by atoms with Gasteiger partial charge in [0.15, 0.2) is 11.5 Å². The number of hydrogen-bond donors (Lipinski definition) is 1. The van der Waals surface area contributed by atoms with Crippen LogP contribution in [0.1, 0.15) is 22.7 Å². The Bertz CT molecular complexity index is 1060. The molecule has 2 aromatic rings. The highest BCUT2D eigenvalue weighted by molar-refractivity contribution is 6.46. The van der Waals surface area contributed by atoms with Gasteiger partial charge in [-0.25, -0.2) is 0 Å². The molecule has 8 nitrogen and oxygen atoms in total. The lowest BCUT2D eigenvalue weighted by Gasteiger charge is -2.25. The first-order chi connectivity index (χ1) is 15.4. The molecule has 1 amide bonds. The first kappa shape index (κ1) is 23.1. The van der Waals surface area contributed by atoms with E-state index < -0.39 is 17.7 Å². The van der Waals surface area contributed by atoms with Crippen molar-refractivity contribution < 1.29 is 33.6 Å². The molecule has 0 bridgehead atoms. The molecule has 3 rings (SSSR count). The Labute approximate surface area is 187 Å². The molecule has 0 radical (unpaired) electrons. The highest BCUT2D eigenvalue weighted by Gasteiger charge is 2.46. The molecule has 0 aromatic heterocycles. The van der Waals surface area contributed by atoms with Gasteiger partial charge < -0.3 is 29.0 Å². The summed E-state index contributed by atoms with van der Waals surface area (Å²) in [4.78, 5) is 27.4. The minimum atomic E-state index is -0.813. The van der Waals surface area contributed by atoms with Gasteiger partial charge in [-0.3, -0.25) is 9.59 Å². The van der Waals surface area contributed by atoms with Gasteiger partial charge in [-0.1, -0.05) is 6.07 Å². The average Bonchev–Trinajstić information content (AvgIpc) is 3.06. The van der Waals surface area contributed by atoms with Crippen LogP contribution in [-0.2, 0) is 14.3 Å². The van der Waals surface area contributed by atoms with Crippen molar-refractivity contribution in [3.63, 3.8) is 0 Å². The molecular formula is C24H27NO7. The van der Waals surface area contributed by atoms with Crippen LogP contribution in [0.25, 0.3) is 5.76 Å². The van der Waals surface area contributed by atoms with Crippen molar-refractivity contribution in [1.82, 2.24) is 4.90 Å². The predicted octanol–water partition coefficient (Wildman–Crippen LogP) is 3.09. The lowest BCUT2D eigenvalue weighted by molar-refractivity contribution is -0.140. The van der Waals surface area contributed by atoms with Crippen LogP contribution in [0, 0.1) is 6.92 Å². The van der Waals surface area contributed by atoms with Crippen LogP contribution in [0.15, 0.2) is 42.0 Å². The molecule has 1 saturated heterocycles. The van der Waals surface area contributed by atoms with Crippen LogP contribution in [0.4, 0.5) is 0 Å². The molecule has 32 heavy (non-hydrogen) atoms. The van der Waals surface area contributed by atoms with E-state index in [0.717, 1.165) is 0 Å². The number of amides is 1. The lowest BCUT2D eigenvalue weighted by Crippen LogP contribution is -2.32. The number of ketones is 1. The highest BCUT2D eigenvalue weighted by atomic mass is 16.5. The summed E-state index contributed by atoms with van der Waals surface area (Å²) in [6.07, 6.45) is 0. The summed E-state index contributed by atoms with van der Waals surface area (Å²) in [6.45, 7) is 2.21. The van der Waals surface area contributed by atoms with Crippen LogP contribution >= 0.6 is 0 Å². The molecule has 170 valence electrons. The monoisotopic (exact) mass is 441 g/mol. The molecule has 0 aliphatic carbocycles. The zero-order chi connectivity index (χ0) is 23.4. The van der Waals surface area contributed by atoms with Gasteiger partial charge in [0.05, 0.1) is 39.6 Å². The normalized spacial score (nSPS) is 17.5. The molecule has 0 saturated carbocycles. The standard InChI is InChI=1S/C24H27NO7/c1-14-12-16(30-3)7-8-17(14)22(26)20-21(25(10-11-29-2)24(28)23(20)27)15-6-9-18(31-4)19(13-15)32-5/h6-9,12-13,21,26H,10-11H2,1-5H3/b22-20+/t21-/m1/s1. The third-order valence-electron chi connectivity index (χ3n) is 5.49. The van der Waals surface area contributed by atoms with E-state index in [9.17, 15) is 14.7 Å². The number of methoxy groups -OCH3 is 4. The van der Waals surface area contributed by atoms with Gasteiger partial charge in [-0.15, -0.1) is 0 Å². The molecule has 0 unspecified atom stereocenters. The minimum absolute atomic E-state index is 0.00610. The number of nitrogens with zero attached hydrogens (tertiary/aromatic N) is 1. The van der Waals surface area contributed by atoms with Crippen LogP contribution in [-0.4, -0.2) is 63.3 Å². The molecule has 0 spiro atoms. The number of ether oxygens (including phenoxy) is 4. The quantitative estimate of drug-likeness (QED) is 0.382. The Balaban J connectivity index is 2.21. The van der Waals surface area contributed by atoms with Gasteiger partial charge in [0, 0.05) is 19.2 Å². The Kier molecular flexibility index (Phi) is 7.05. The van der Waals surface area contributed by atoms with E-state index in [1.54, 1.807) is 50.4 Å². The van der Waals surface area contributed by atoms with E-state index in [1.807, 2.05) is 0 Å². The summed E-state index contributed by atoms with van der Waals surface area (Å²) < 4.78 is 21.1. The van der Waals surface area contributed by atoms with E-state index in [0.29, 0.717) is 33.9 Å². The molecule has 1 fully saturated rings. The van der Waals surface area contributed by atoms with Crippen molar-refractivity contribution in [1.29, 1.82) is 0 Å². The van der Waals surface area contributed by atoms with Gasteiger partial charge in [0.25, 0.3) is 11.7 Å². The van der Waals surface area contributed by atoms with Gasteiger partial charge >= 0.3 is 0 Å². The van der Waals surface area contributed by atoms with Crippen molar-refractivity contribution in [2.45, 2.75) is 13.0 Å². The van der Waals surface area contributed by atoms with E-state index in [2.05, 4.69) is 0 Å². The van der Waals surface area contributed by atoms with Gasteiger partial charge in [-0.05, 0) is 48.4 Å². The van der Waals surface area contributed by atoms with Gasteiger partial charge in [-0.2, -0.15) is 0 Å². The fraction of sp³-hybridized carbons (Fsp3) is 0.333. The van der Waals surface area contributed by atoms with Gasteiger partial charge in [0.1, 0.15) is 11.5 Å². The Morgan fingerprint density at radius 3 is 2.28 bits per heavy atom. The fourth-order valence-corrected chi connectivity index (χ4v) is 3.84. The van der Waals surface area contributed by atoms with Crippen LogP contribution in [0.3, 0.4) is 0 Å². The van der Waals surface area contributed by atoms with Crippen LogP contribution < -0.4 is 14.2 Å². The number of Topliss-reactive ketones (excluding diaryl/α,β-unsaturated/α-hetero) is 1. The maximum absolute atomic E-state index is 13.1. The summed E-state index contributed by atoms with van der Waals surface area (Å²) in [5, 5.41) is 11.2. The second-order valence-corrected chi connectivity index (χ2v) is 7.28. The number of carbonyl (C=O) groups excluding carboxylic acids is 2. The molecule has 1 aliphatic rings. The highest BCUT2D eigenvalue weighted by Crippen LogP contribution is 2.42. The van der Waals surface area contributed by atoms with E-state index >= 15 is 0 Å². The number of aliphatic hydroxyl groups is 1. The zero-order valence-corrected chi connectivity index (χ0v) is 18.8. The third-order valence-corrected chi connectivity index (χ3v) is 5.49. The Hall–Kier alpha value is -3.52. The molecule has 8 heteroatoms. The first-order valence-corrected chi connectivity index (χ1v) is 10.0. The Morgan fingerprint density at radius 2 is 1.69 bits per heavy atom. The Morgan fingerprint density at radius 1 is 0.969 bits per heavy atom. The van der Waals surface area contributed by atoms with Crippen LogP contribution in [0.5, 0.6) is 17.2 Å². The fourth-order valence-electron chi connectivity index (χ4n) is 3.84. The van der Waals surface area contributed by atoms with Crippen molar-refractivity contribution in [3.8, 4) is 17.2 Å². The van der Waals surface area contributed by atoms with E-state index in [4.69, 9.17) is 18.9 Å². The van der Waals surface area contributed by atoms with Crippen molar-refractivity contribution in [3.05, 3.63) is 58.7 Å². The first-order valence-electron chi connectivity index (χ1n) is 10.0. The topological polar surface area (TPSA) is 94.5 Å². The third kappa shape index (κ3) is 4.13. The van der Waals surface area contributed by atoms with Crippen molar-refractivity contribution >= 4 is 17.4 Å². The summed E-state index contributed by atoms with van der Waals surface area (Å²) in [5.41, 5.74) is 1.76. The molecular weight excluding hydrogens is 414 g/mol. The summed E-state index contributed by atoms with van der Waals surface area (Å²) in [7, 11) is 6.09. The summed E-state index contributed by atoms with van der Waals surface area (Å²) in [6, 6.07) is 9.43. The lowest BCUT2D eigenvalue weighted by atomic mass is 9.93. The number of hydrogen-bond acceptors (Lipinski definition) is 7. The smallest absolute Gasteiger partial charge is 0.295 e. The molecule has 1 N–H and O–H groups in total. The van der Waals surface area contributed by atoms with E-state index in [-0.39, 0.29) is 24.5 Å². The SMILES string of the molecule is COCCN1C(=O)C(=O)/C(=C(/O)c2ccc(OC)cc2C)[C@H]1c1ccc(OC)c(OC)c1. The van der Waals surface area contributed by atoms with Gasteiger partial charge in [0.2, 0.25) is 0 Å². The summed E-state index contributed by atoms with van der Waals surface area (Å²) >= 11 is 0. The number of aryl methyl sites for hydroxylation is 1. The minimum Gasteiger partial charge on any atom is -0.507 e. The number of carbonyl (C=O) groups is 2. The molecule has 1 atom stereocenters. The zero-order valence-electron chi connectivity index (χ0n) is 18.8. The molecule has 1 heterocycles. The second-order valence-electron chi connectivity index (χ2n) is 7.28. The number of aliphatic hydroxyl groups excluding tert-OH is 1. The predicted molar refractivity (Wildman–Crippen MR) is 118 cm³/mol. The second kappa shape index (κ2) is 9.74. The largest absolute Gasteiger partial charge is 0.507 e. The summed E-state index contributed by atoms with van der Waals surface area (Å²) in [5.74, 6) is -0.124. The molecule has 2 aromatic carbocycles.